The zero-order chi connectivity index (χ0) is 20.8. The van der Waals surface area contributed by atoms with Gasteiger partial charge in [0.2, 0.25) is 11.8 Å². The Labute approximate surface area is 163 Å². The first-order valence-corrected chi connectivity index (χ1v) is 8.99. The van der Waals surface area contributed by atoms with E-state index in [0.717, 1.165) is 24.9 Å². The van der Waals surface area contributed by atoms with E-state index in [-0.39, 0.29) is 17.3 Å². The summed E-state index contributed by atoms with van der Waals surface area (Å²) in [6.07, 6.45) is 0. The fourth-order valence-corrected chi connectivity index (χ4v) is 2.71. The lowest BCUT2D eigenvalue weighted by Gasteiger charge is -2.12. The van der Waals surface area contributed by atoms with Crippen molar-refractivity contribution in [2.45, 2.75) is 19.1 Å². The third-order valence-electron chi connectivity index (χ3n) is 3.45. The van der Waals surface area contributed by atoms with Gasteiger partial charge in [0, 0.05) is 12.1 Å². The number of benzene rings is 1. The number of carbonyl (C=O) groups excluding carboxylic acids is 3. The third kappa shape index (κ3) is 5.52. The number of amides is 2. The summed E-state index contributed by atoms with van der Waals surface area (Å²) in [5, 5.41) is 7.78. The van der Waals surface area contributed by atoms with Gasteiger partial charge in [0.05, 0.1) is 29.4 Å². The molecular formula is C17H17F2N3O5S. The molecular weight excluding hydrogens is 396 g/mol. The largest absolute Gasteiger partial charge is 0.465 e. The van der Waals surface area contributed by atoms with Crippen LogP contribution in [0, 0.1) is 18.6 Å². The molecule has 0 aliphatic carbocycles. The molecule has 1 aromatic carbocycles. The van der Waals surface area contributed by atoms with Crippen LogP contribution in [0.4, 0.5) is 20.3 Å². The van der Waals surface area contributed by atoms with Gasteiger partial charge in [-0.15, -0.1) is 11.8 Å². The predicted octanol–water partition coefficient (Wildman–Crippen LogP) is 2.75. The molecule has 150 valence electrons. The molecule has 1 heterocycles. The molecule has 2 aromatic rings. The molecule has 1 unspecified atom stereocenters. The van der Waals surface area contributed by atoms with E-state index in [0.29, 0.717) is 11.8 Å². The summed E-state index contributed by atoms with van der Waals surface area (Å²) in [5.74, 6) is -3.59. The summed E-state index contributed by atoms with van der Waals surface area (Å²) in [4.78, 5) is 35.5. The second-order valence-electron chi connectivity index (χ2n) is 5.62. The van der Waals surface area contributed by atoms with Gasteiger partial charge in [0.15, 0.2) is 5.82 Å². The number of nitrogens with one attached hydrogen (secondary N) is 2. The molecule has 2 amide bonds. The van der Waals surface area contributed by atoms with E-state index in [2.05, 4.69) is 20.5 Å². The summed E-state index contributed by atoms with van der Waals surface area (Å²) in [5.41, 5.74) is -0.884. The Morgan fingerprint density at radius 2 is 1.93 bits per heavy atom. The fraction of sp³-hybridized carbons (Fsp3) is 0.294. The van der Waals surface area contributed by atoms with Crippen molar-refractivity contribution in [3.8, 4) is 0 Å². The van der Waals surface area contributed by atoms with E-state index in [4.69, 9.17) is 4.52 Å². The van der Waals surface area contributed by atoms with Gasteiger partial charge in [-0.25, -0.2) is 13.6 Å². The van der Waals surface area contributed by atoms with Gasteiger partial charge in [0.1, 0.15) is 17.4 Å². The first-order chi connectivity index (χ1) is 13.2. The van der Waals surface area contributed by atoms with Crippen molar-refractivity contribution >= 4 is 41.1 Å². The minimum Gasteiger partial charge on any atom is -0.465 e. The number of aryl methyl sites for hydroxylation is 1. The van der Waals surface area contributed by atoms with E-state index in [9.17, 15) is 23.2 Å². The highest BCUT2D eigenvalue weighted by atomic mass is 32.2. The van der Waals surface area contributed by atoms with Crippen LogP contribution in [0.2, 0.25) is 0 Å². The first kappa shape index (κ1) is 21.4. The molecule has 0 spiro atoms. The van der Waals surface area contributed by atoms with Crippen molar-refractivity contribution in [3.63, 3.8) is 0 Å². The number of aromatic nitrogens is 1. The number of methoxy groups -OCH3 is 1. The van der Waals surface area contributed by atoms with Gasteiger partial charge >= 0.3 is 5.97 Å². The highest BCUT2D eigenvalue weighted by molar-refractivity contribution is 8.01. The van der Waals surface area contributed by atoms with Crippen molar-refractivity contribution in [3.05, 3.63) is 41.2 Å². The Kier molecular flexibility index (Phi) is 7.10. The number of anilines is 2. The Morgan fingerprint density at radius 1 is 1.21 bits per heavy atom. The summed E-state index contributed by atoms with van der Waals surface area (Å²) in [7, 11) is 1.05. The summed E-state index contributed by atoms with van der Waals surface area (Å²) in [6, 6.07) is 2.87. The topological polar surface area (TPSA) is 111 Å². The Hall–Kier alpha value is -2.95. The van der Waals surface area contributed by atoms with Gasteiger partial charge in [-0.05, 0) is 19.9 Å². The van der Waals surface area contributed by atoms with Gasteiger partial charge in [-0.3, -0.25) is 9.59 Å². The molecule has 0 bridgehead atoms. The monoisotopic (exact) mass is 413 g/mol. The quantitative estimate of drug-likeness (QED) is 0.672. The van der Waals surface area contributed by atoms with Crippen molar-refractivity contribution in [1.82, 2.24) is 5.16 Å². The van der Waals surface area contributed by atoms with Crippen LogP contribution in [-0.4, -0.2) is 41.1 Å². The SMILES string of the molecule is COC(=O)c1cc(NC(=O)CSC(C)C(=O)Nc2cc(C)on2)c(F)cc1F. The normalized spacial score (nSPS) is 11.6. The lowest BCUT2D eigenvalue weighted by atomic mass is 10.1. The van der Waals surface area contributed by atoms with Gasteiger partial charge in [0.25, 0.3) is 0 Å². The number of rotatable bonds is 7. The summed E-state index contributed by atoms with van der Waals surface area (Å²) < 4.78 is 36.7. The number of ether oxygens (including phenoxy) is 1. The Morgan fingerprint density at radius 3 is 2.54 bits per heavy atom. The first-order valence-electron chi connectivity index (χ1n) is 7.94. The summed E-state index contributed by atoms with van der Waals surface area (Å²) in [6.45, 7) is 3.25. The van der Waals surface area contributed by atoms with E-state index < -0.39 is 40.2 Å². The standard InChI is InChI=1S/C17H17F2N3O5S/c1-8-4-14(22-27-8)21-16(24)9(2)28-7-15(23)20-13-5-10(17(25)26-3)11(18)6-12(13)19/h4-6,9H,7H2,1-3H3,(H,20,23)(H,21,22,24). The van der Waals surface area contributed by atoms with E-state index in [1.54, 1.807) is 13.8 Å². The van der Waals surface area contributed by atoms with Crippen LogP contribution in [-0.2, 0) is 14.3 Å². The van der Waals surface area contributed by atoms with Crippen molar-refractivity contribution in [1.29, 1.82) is 0 Å². The molecule has 2 N–H and O–H groups in total. The van der Waals surface area contributed by atoms with E-state index in [1.165, 1.54) is 6.07 Å². The lowest BCUT2D eigenvalue weighted by Crippen LogP contribution is -2.25. The predicted molar refractivity (Wildman–Crippen MR) is 98.1 cm³/mol. The van der Waals surface area contributed by atoms with Crippen molar-refractivity contribution in [2.75, 3.05) is 23.5 Å². The van der Waals surface area contributed by atoms with Crippen molar-refractivity contribution < 1.29 is 32.4 Å². The number of carbonyl (C=O) groups is 3. The van der Waals surface area contributed by atoms with Gasteiger partial charge in [-0.1, -0.05) is 5.16 Å². The van der Waals surface area contributed by atoms with Crippen LogP contribution in [0.15, 0.2) is 22.7 Å². The van der Waals surface area contributed by atoms with E-state index in [1.807, 2.05) is 0 Å². The van der Waals surface area contributed by atoms with E-state index >= 15 is 0 Å². The molecule has 2 rings (SSSR count). The highest BCUT2D eigenvalue weighted by Crippen LogP contribution is 2.21. The molecule has 0 radical (unpaired) electrons. The number of hydrogen-bond donors (Lipinski definition) is 2. The number of esters is 1. The zero-order valence-electron chi connectivity index (χ0n) is 15.2. The maximum Gasteiger partial charge on any atom is 0.340 e. The third-order valence-corrected chi connectivity index (χ3v) is 4.59. The molecule has 0 saturated heterocycles. The van der Waals surface area contributed by atoms with Crippen molar-refractivity contribution in [2.24, 2.45) is 0 Å². The maximum atomic E-state index is 13.8. The van der Waals surface area contributed by atoms with Crippen LogP contribution in [0.1, 0.15) is 23.0 Å². The fourth-order valence-electron chi connectivity index (χ4n) is 2.03. The Balaban J connectivity index is 1.93. The minimum absolute atomic E-state index is 0.184. The lowest BCUT2D eigenvalue weighted by molar-refractivity contribution is -0.115. The number of halogens is 2. The number of thioether (sulfide) groups is 1. The zero-order valence-corrected chi connectivity index (χ0v) is 16.0. The molecule has 8 nitrogen and oxygen atoms in total. The molecule has 0 aliphatic heterocycles. The summed E-state index contributed by atoms with van der Waals surface area (Å²) >= 11 is 0.991. The molecule has 1 atom stereocenters. The van der Waals surface area contributed by atoms with Crippen LogP contribution in [0.5, 0.6) is 0 Å². The minimum atomic E-state index is -1.11. The average Bonchev–Trinajstić information content (AvgIpc) is 3.05. The van der Waals surface area contributed by atoms with Gasteiger partial charge in [-0.2, -0.15) is 0 Å². The van der Waals surface area contributed by atoms with Crippen LogP contribution >= 0.6 is 11.8 Å². The highest BCUT2D eigenvalue weighted by Gasteiger charge is 2.20. The molecule has 11 heteroatoms. The Bertz CT molecular complexity index is 903. The average molecular weight is 413 g/mol. The van der Waals surface area contributed by atoms with Gasteiger partial charge < -0.3 is 19.9 Å². The molecule has 1 aromatic heterocycles. The smallest absolute Gasteiger partial charge is 0.340 e. The molecule has 0 fully saturated rings. The molecule has 0 saturated carbocycles. The molecule has 28 heavy (non-hydrogen) atoms. The number of nitrogens with zero attached hydrogens (tertiary/aromatic N) is 1. The van der Waals surface area contributed by atoms with Crippen LogP contribution in [0.3, 0.4) is 0 Å². The second kappa shape index (κ2) is 9.31. The molecule has 0 aliphatic rings. The second-order valence-corrected chi connectivity index (χ2v) is 6.95. The maximum absolute atomic E-state index is 13.8. The van der Waals surface area contributed by atoms with Crippen LogP contribution in [0.25, 0.3) is 0 Å². The van der Waals surface area contributed by atoms with Crippen LogP contribution < -0.4 is 10.6 Å². The number of hydrogen-bond acceptors (Lipinski definition) is 7.